The molecule has 112 valence electrons. The molecule has 1 atom stereocenters. The molecule has 0 saturated heterocycles. The fourth-order valence-corrected chi connectivity index (χ4v) is 1.96. The summed E-state index contributed by atoms with van der Waals surface area (Å²) < 4.78 is 10.7. The molecule has 1 heterocycles. The van der Waals surface area contributed by atoms with Gasteiger partial charge in [0.15, 0.2) is 5.82 Å². The minimum Gasteiger partial charge on any atom is -0.462 e. The highest BCUT2D eigenvalue weighted by atomic mass is 16.5. The van der Waals surface area contributed by atoms with Gasteiger partial charge in [0.05, 0.1) is 17.9 Å². The van der Waals surface area contributed by atoms with E-state index in [-0.39, 0.29) is 18.0 Å². The van der Waals surface area contributed by atoms with Crippen molar-refractivity contribution in [3.8, 4) is 0 Å². The van der Waals surface area contributed by atoms with Crippen LogP contribution in [-0.2, 0) is 15.9 Å². The summed E-state index contributed by atoms with van der Waals surface area (Å²) in [7, 11) is 0. The van der Waals surface area contributed by atoms with Crippen molar-refractivity contribution in [2.24, 2.45) is 5.92 Å². The summed E-state index contributed by atoms with van der Waals surface area (Å²) in [5, 5.41) is 0. The van der Waals surface area contributed by atoms with Gasteiger partial charge in [-0.3, -0.25) is 0 Å². The van der Waals surface area contributed by atoms with Gasteiger partial charge in [-0.25, -0.2) is 14.8 Å². The number of ether oxygens (including phenoxy) is 2. The highest BCUT2D eigenvalue weighted by molar-refractivity contribution is 5.90. The smallest absolute Gasteiger partial charge is 0.341 e. The molecule has 1 aromatic heterocycles. The van der Waals surface area contributed by atoms with Gasteiger partial charge < -0.3 is 9.47 Å². The zero-order valence-electron chi connectivity index (χ0n) is 13.0. The normalized spacial score (nSPS) is 12.5. The minimum atomic E-state index is -0.367. The van der Waals surface area contributed by atoms with E-state index in [9.17, 15) is 4.79 Å². The zero-order chi connectivity index (χ0) is 15.1. The highest BCUT2D eigenvalue weighted by Gasteiger charge is 2.22. The Morgan fingerprint density at radius 3 is 2.45 bits per heavy atom. The molecule has 0 saturated carbocycles. The van der Waals surface area contributed by atoms with Crippen molar-refractivity contribution < 1.29 is 14.3 Å². The van der Waals surface area contributed by atoms with E-state index in [1.807, 2.05) is 13.8 Å². The summed E-state index contributed by atoms with van der Waals surface area (Å²) in [4.78, 5) is 20.6. The van der Waals surface area contributed by atoms with E-state index in [1.54, 1.807) is 13.1 Å². The number of carbonyl (C=O) groups excluding carboxylic acids is 1. The van der Waals surface area contributed by atoms with Crippen LogP contribution in [0.4, 0.5) is 0 Å². The molecule has 0 aliphatic rings. The molecule has 1 rings (SSSR count). The van der Waals surface area contributed by atoms with Gasteiger partial charge in [0.1, 0.15) is 6.10 Å². The number of esters is 1. The molecule has 0 fully saturated rings. The van der Waals surface area contributed by atoms with Gasteiger partial charge in [-0.15, -0.1) is 0 Å². The van der Waals surface area contributed by atoms with Crippen molar-refractivity contribution >= 4 is 5.97 Å². The second-order valence-electron chi connectivity index (χ2n) is 4.78. The fraction of sp³-hybridized carbons (Fsp3) is 0.667. The first-order valence-corrected chi connectivity index (χ1v) is 7.19. The largest absolute Gasteiger partial charge is 0.462 e. The monoisotopic (exact) mass is 280 g/mol. The molecular formula is C15H24N2O3. The number of aryl methyl sites for hydroxylation is 1. The van der Waals surface area contributed by atoms with E-state index in [0.29, 0.717) is 36.7 Å². The molecule has 1 aromatic rings. The Morgan fingerprint density at radius 2 is 1.95 bits per heavy atom. The van der Waals surface area contributed by atoms with Crippen LogP contribution >= 0.6 is 0 Å². The van der Waals surface area contributed by atoms with Crippen molar-refractivity contribution in [1.29, 1.82) is 0 Å². The Labute approximate surface area is 120 Å². The summed E-state index contributed by atoms with van der Waals surface area (Å²) in [5.74, 6) is 0.535. The van der Waals surface area contributed by atoms with Crippen LogP contribution in [0.2, 0.25) is 0 Å². The molecule has 0 radical (unpaired) electrons. The van der Waals surface area contributed by atoms with E-state index in [4.69, 9.17) is 9.47 Å². The molecular weight excluding hydrogens is 256 g/mol. The highest BCUT2D eigenvalue weighted by Crippen LogP contribution is 2.23. The van der Waals surface area contributed by atoms with Gasteiger partial charge in [-0.2, -0.15) is 0 Å². The third-order valence-corrected chi connectivity index (χ3v) is 2.92. The number of carbonyl (C=O) groups is 1. The zero-order valence-corrected chi connectivity index (χ0v) is 13.0. The summed E-state index contributed by atoms with van der Waals surface area (Å²) >= 11 is 0. The van der Waals surface area contributed by atoms with Crippen molar-refractivity contribution in [3.05, 3.63) is 23.3 Å². The Bertz CT molecular complexity index is 447. The fourth-order valence-electron chi connectivity index (χ4n) is 1.96. The van der Waals surface area contributed by atoms with Crippen LogP contribution in [0.15, 0.2) is 6.20 Å². The predicted molar refractivity (Wildman–Crippen MR) is 76.6 cm³/mol. The lowest BCUT2D eigenvalue weighted by Gasteiger charge is -2.20. The Balaban J connectivity index is 3.10. The lowest BCUT2D eigenvalue weighted by molar-refractivity contribution is 0.0229. The molecule has 0 spiro atoms. The maximum absolute atomic E-state index is 11.8. The van der Waals surface area contributed by atoms with Crippen LogP contribution in [0.5, 0.6) is 0 Å². The summed E-state index contributed by atoms with van der Waals surface area (Å²) in [6, 6.07) is 0. The number of aromatic nitrogens is 2. The molecule has 0 aliphatic carbocycles. The van der Waals surface area contributed by atoms with Crippen LogP contribution in [0.25, 0.3) is 0 Å². The Kier molecular flexibility index (Phi) is 6.58. The van der Waals surface area contributed by atoms with E-state index in [2.05, 4.69) is 23.8 Å². The van der Waals surface area contributed by atoms with Gasteiger partial charge in [0, 0.05) is 12.8 Å². The topological polar surface area (TPSA) is 61.3 Å². The number of hydrogen-bond acceptors (Lipinski definition) is 5. The second-order valence-corrected chi connectivity index (χ2v) is 4.78. The van der Waals surface area contributed by atoms with E-state index in [0.717, 1.165) is 0 Å². The molecule has 5 nitrogen and oxygen atoms in total. The molecule has 0 aromatic carbocycles. The lowest BCUT2D eigenvalue weighted by atomic mass is 10.1. The molecule has 0 N–H and O–H groups in total. The summed E-state index contributed by atoms with van der Waals surface area (Å²) in [5.41, 5.74) is 1.15. The Morgan fingerprint density at radius 1 is 1.25 bits per heavy atom. The molecule has 5 heteroatoms. The second kappa shape index (κ2) is 7.94. The first kappa shape index (κ1) is 16.6. The van der Waals surface area contributed by atoms with Crippen LogP contribution in [0, 0.1) is 5.92 Å². The van der Waals surface area contributed by atoms with E-state index < -0.39 is 0 Å². The number of hydrogen-bond donors (Lipinski definition) is 0. The first-order valence-electron chi connectivity index (χ1n) is 7.19. The lowest BCUT2D eigenvalue weighted by Crippen LogP contribution is -2.18. The van der Waals surface area contributed by atoms with Gasteiger partial charge in [-0.1, -0.05) is 20.8 Å². The maximum Gasteiger partial charge on any atom is 0.341 e. The Hall–Kier alpha value is -1.49. The van der Waals surface area contributed by atoms with E-state index >= 15 is 0 Å². The van der Waals surface area contributed by atoms with Crippen molar-refractivity contribution in [1.82, 2.24) is 9.97 Å². The maximum atomic E-state index is 11.8. The van der Waals surface area contributed by atoms with Crippen LogP contribution < -0.4 is 0 Å². The standard InChI is InChI=1S/C15H24N2O3/c1-6-12-11(15(18)20-8-3)9-16-14(17-12)13(10(4)5)19-7-2/h9-10,13H,6-8H2,1-5H3. The van der Waals surface area contributed by atoms with Crippen LogP contribution in [-0.4, -0.2) is 29.2 Å². The van der Waals surface area contributed by atoms with Gasteiger partial charge >= 0.3 is 5.97 Å². The third kappa shape index (κ3) is 4.00. The van der Waals surface area contributed by atoms with E-state index in [1.165, 1.54) is 0 Å². The number of rotatable bonds is 7. The minimum absolute atomic E-state index is 0.151. The SMILES string of the molecule is CCOC(=O)c1cnc(C(OCC)C(C)C)nc1CC. The summed E-state index contributed by atoms with van der Waals surface area (Å²) in [6.07, 6.45) is 2.05. The molecule has 20 heavy (non-hydrogen) atoms. The first-order chi connectivity index (χ1) is 9.54. The average Bonchev–Trinajstić information content (AvgIpc) is 2.44. The van der Waals surface area contributed by atoms with Gasteiger partial charge in [-0.05, 0) is 26.2 Å². The van der Waals surface area contributed by atoms with Crippen molar-refractivity contribution in [3.63, 3.8) is 0 Å². The average molecular weight is 280 g/mol. The molecule has 1 unspecified atom stereocenters. The number of nitrogens with zero attached hydrogens (tertiary/aromatic N) is 2. The van der Waals surface area contributed by atoms with Crippen molar-refractivity contribution in [2.75, 3.05) is 13.2 Å². The third-order valence-electron chi connectivity index (χ3n) is 2.92. The quantitative estimate of drug-likeness (QED) is 0.719. The molecule has 0 amide bonds. The molecule has 0 aliphatic heterocycles. The van der Waals surface area contributed by atoms with Gasteiger partial charge in [0.2, 0.25) is 0 Å². The predicted octanol–water partition coefficient (Wildman–Crippen LogP) is 2.95. The van der Waals surface area contributed by atoms with Crippen molar-refractivity contribution in [2.45, 2.75) is 47.1 Å². The summed E-state index contributed by atoms with van der Waals surface area (Å²) in [6.45, 7) is 10.8. The van der Waals surface area contributed by atoms with Gasteiger partial charge in [0.25, 0.3) is 0 Å². The van der Waals surface area contributed by atoms with Crippen LogP contribution in [0.1, 0.15) is 62.6 Å². The molecule has 0 bridgehead atoms. The van der Waals surface area contributed by atoms with Crippen LogP contribution in [0.3, 0.4) is 0 Å².